The van der Waals surface area contributed by atoms with Crippen molar-refractivity contribution in [3.05, 3.63) is 23.9 Å². The predicted molar refractivity (Wildman–Crippen MR) is 103 cm³/mol. The zero-order valence-electron chi connectivity index (χ0n) is 16.1. The summed E-state index contributed by atoms with van der Waals surface area (Å²) >= 11 is 0. The van der Waals surface area contributed by atoms with Gasteiger partial charge < -0.3 is 10.2 Å². The molecule has 3 amide bonds. The van der Waals surface area contributed by atoms with Crippen LogP contribution in [0.4, 0.5) is 0 Å². The summed E-state index contributed by atoms with van der Waals surface area (Å²) in [6, 6.07) is 0.630. The Morgan fingerprint density at radius 3 is 2.93 bits per heavy atom. The smallest absolute Gasteiger partial charge is 0.269 e. The maximum Gasteiger partial charge on any atom is 0.269 e. The number of nitrogens with one attached hydrogen (secondary N) is 1. The molecule has 0 aliphatic carbocycles. The molecule has 1 saturated heterocycles. The summed E-state index contributed by atoms with van der Waals surface area (Å²) in [6.45, 7) is 6.48. The van der Waals surface area contributed by atoms with E-state index in [0.29, 0.717) is 18.4 Å². The van der Waals surface area contributed by atoms with Crippen LogP contribution in [0.1, 0.15) is 46.0 Å². The van der Waals surface area contributed by atoms with Crippen molar-refractivity contribution in [2.75, 3.05) is 19.6 Å². The monoisotopic (exact) mass is 372 g/mol. The number of carbonyl (C=O) groups is 3. The van der Waals surface area contributed by atoms with E-state index in [1.165, 1.54) is 24.2 Å². The lowest BCUT2D eigenvalue weighted by molar-refractivity contribution is -0.144. The molecule has 0 aromatic heterocycles. The van der Waals surface area contributed by atoms with Gasteiger partial charge in [-0.15, -0.1) is 0 Å². The number of allylic oxidation sites excluding steroid dienone is 2. The third-order valence-electron chi connectivity index (χ3n) is 5.51. The molecule has 2 unspecified atom stereocenters. The number of aliphatic imine (C=N–C) groups is 1. The molecule has 146 valence electrons. The Balaban J connectivity index is 1.52. The minimum Gasteiger partial charge on any atom is -0.355 e. The second kappa shape index (κ2) is 8.61. The highest BCUT2D eigenvalue weighted by Gasteiger charge is 2.42. The molecule has 0 bridgehead atoms. The fourth-order valence-corrected chi connectivity index (χ4v) is 3.98. The lowest BCUT2D eigenvalue weighted by Gasteiger charge is -2.35. The number of hydrogen-bond donors (Lipinski definition) is 1. The highest BCUT2D eigenvalue weighted by Crippen LogP contribution is 2.21. The number of hydrogen-bond acceptors (Lipinski definition) is 4. The lowest BCUT2D eigenvalue weighted by atomic mass is 10.00. The van der Waals surface area contributed by atoms with Crippen LogP contribution in [-0.2, 0) is 14.4 Å². The van der Waals surface area contributed by atoms with Crippen LogP contribution in [0.2, 0.25) is 0 Å². The molecule has 1 fully saturated rings. The average Bonchev–Trinajstić information content (AvgIpc) is 2.66. The van der Waals surface area contributed by atoms with E-state index >= 15 is 0 Å². The van der Waals surface area contributed by atoms with Crippen LogP contribution in [0.15, 0.2) is 28.9 Å². The van der Waals surface area contributed by atoms with Gasteiger partial charge >= 0.3 is 0 Å². The van der Waals surface area contributed by atoms with Crippen molar-refractivity contribution in [2.45, 2.75) is 52.0 Å². The van der Waals surface area contributed by atoms with E-state index in [-0.39, 0.29) is 0 Å². The first-order valence-corrected chi connectivity index (χ1v) is 9.85. The fraction of sp³-hybridized carbons (Fsp3) is 0.600. The van der Waals surface area contributed by atoms with Gasteiger partial charge in [-0.25, -0.2) is 0 Å². The molecule has 2 atom stereocenters. The van der Waals surface area contributed by atoms with Crippen LogP contribution >= 0.6 is 0 Å². The zero-order valence-corrected chi connectivity index (χ0v) is 16.1. The van der Waals surface area contributed by atoms with Gasteiger partial charge in [-0.1, -0.05) is 19.4 Å². The Kier molecular flexibility index (Phi) is 6.21. The Bertz CT molecular complexity index is 710. The van der Waals surface area contributed by atoms with Gasteiger partial charge in [0.1, 0.15) is 5.84 Å². The van der Waals surface area contributed by atoms with E-state index < -0.39 is 23.6 Å². The molecule has 0 saturated carbocycles. The summed E-state index contributed by atoms with van der Waals surface area (Å²) in [7, 11) is 0. The molecule has 0 aromatic carbocycles. The molecule has 3 aliphatic heterocycles. The summed E-state index contributed by atoms with van der Waals surface area (Å²) in [4.78, 5) is 45.0. The number of piperidine rings is 1. The van der Waals surface area contributed by atoms with Gasteiger partial charge in [0, 0.05) is 25.3 Å². The van der Waals surface area contributed by atoms with Crippen LogP contribution in [0.5, 0.6) is 0 Å². The molecule has 3 aliphatic rings. The molecule has 3 rings (SSSR count). The maximum atomic E-state index is 12.6. The summed E-state index contributed by atoms with van der Waals surface area (Å²) in [5.41, 5.74) is 0.727. The highest BCUT2D eigenvalue weighted by atomic mass is 16.2. The van der Waals surface area contributed by atoms with Crippen molar-refractivity contribution < 1.29 is 14.4 Å². The third kappa shape index (κ3) is 4.18. The molecule has 7 nitrogen and oxygen atoms in total. The van der Waals surface area contributed by atoms with E-state index in [2.05, 4.69) is 22.1 Å². The number of carbonyl (C=O) groups excluding carboxylic acids is 3. The van der Waals surface area contributed by atoms with Crippen LogP contribution in [0.3, 0.4) is 0 Å². The van der Waals surface area contributed by atoms with E-state index in [4.69, 9.17) is 0 Å². The number of amides is 3. The standard InChI is InChI=1S/C20H28N4O3/c1-3-15-9-4-5-11-23(15)12-7-10-21-18(25)16-19(26)22-17-14(2)8-6-13-24(17)20(16)27/h6,8,13,15-16H,3-5,7,9-12H2,1-2H3,(H,21,25). The van der Waals surface area contributed by atoms with Crippen molar-refractivity contribution >= 4 is 23.6 Å². The highest BCUT2D eigenvalue weighted by molar-refractivity contribution is 6.28. The average molecular weight is 372 g/mol. The molecule has 0 radical (unpaired) electrons. The topological polar surface area (TPSA) is 82.1 Å². The van der Waals surface area contributed by atoms with Crippen molar-refractivity contribution in [3.63, 3.8) is 0 Å². The second-order valence-corrected chi connectivity index (χ2v) is 7.34. The first-order valence-electron chi connectivity index (χ1n) is 9.85. The summed E-state index contributed by atoms with van der Waals surface area (Å²) < 4.78 is 0. The number of nitrogens with zero attached hydrogens (tertiary/aromatic N) is 3. The van der Waals surface area contributed by atoms with Crippen molar-refractivity contribution in [2.24, 2.45) is 10.9 Å². The maximum absolute atomic E-state index is 12.6. The van der Waals surface area contributed by atoms with Crippen LogP contribution in [0, 0.1) is 5.92 Å². The van der Waals surface area contributed by atoms with Crippen LogP contribution in [0.25, 0.3) is 0 Å². The molecular weight excluding hydrogens is 344 g/mol. The lowest BCUT2D eigenvalue weighted by Crippen LogP contribution is -2.51. The van der Waals surface area contributed by atoms with Crippen molar-refractivity contribution in [1.82, 2.24) is 15.1 Å². The molecule has 3 heterocycles. The van der Waals surface area contributed by atoms with Gasteiger partial charge in [0.25, 0.3) is 11.8 Å². The predicted octanol–water partition coefficient (Wildman–Crippen LogP) is 1.61. The minimum atomic E-state index is -1.39. The summed E-state index contributed by atoms with van der Waals surface area (Å²) in [5, 5.41) is 2.75. The van der Waals surface area contributed by atoms with Gasteiger partial charge in [0.15, 0.2) is 5.92 Å². The number of fused-ring (bicyclic) bond motifs is 1. The number of rotatable bonds is 6. The first kappa shape index (κ1) is 19.5. The second-order valence-electron chi connectivity index (χ2n) is 7.34. The first-order chi connectivity index (χ1) is 13.0. The Morgan fingerprint density at radius 1 is 1.33 bits per heavy atom. The van der Waals surface area contributed by atoms with Gasteiger partial charge in [0.05, 0.1) is 0 Å². The van der Waals surface area contributed by atoms with E-state index in [1.54, 1.807) is 25.3 Å². The molecule has 1 N–H and O–H groups in total. The van der Waals surface area contributed by atoms with Gasteiger partial charge in [-0.05, 0) is 50.8 Å². The van der Waals surface area contributed by atoms with E-state index in [9.17, 15) is 14.4 Å². The third-order valence-corrected chi connectivity index (χ3v) is 5.51. The molecular formula is C20H28N4O3. The quantitative estimate of drug-likeness (QED) is 0.567. The van der Waals surface area contributed by atoms with Crippen molar-refractivity contribution in [3.8, 4) is 0 Å². The van der Waals surface area contributed by atoms with Gasteiger partial charge in [0.2, 0.25) is 5.91 Å². The molecule has 0 aromatic rings. The Morgan fingerprint density at radius 2 is 2.15 bits per heavy atom. The summed E-state index contributed by atoms with van der Waals surface area (Å²) in [6.07, 6.45) is 10.7. The Hall–Kier alpha value is -2.28. The Labute approximate surface area is 160 Å². The summed E-state index contributed by atoms with van der Waals surface area (Å²) in [5.74, 6) is -2.85. The van der Waals surface area contributed by atoms with Gasteiger partial charge in [-0.2, -0.15) is 4.99 Å². The zero-order chi connectivity index (χ0) is 19.4. The number of likely N-dealkylation sites (tertiary alicyclic amines) is 1. The molecule has 7 heteroatoms. The largest absolute Gasteiger partial charge is 0.355 e. The van der Waals surface area contributed by atoms with Crippen LogP contribution < -0.4 is 5.32 Å². The molecule has 0 spiro atoms. The fourth-order valence-electron chi connectivity index (χ4n) is 3.98. The molecule has 27 heavy (non-hydrogen) atoms. The minimum absolute atomic E-state index is 0.312. The van der Waals surface area contributed by atoms with E-state index in [0.717, 1.165) is 31.5 Å². The van der Waals surface area contributed by atoms with Gasteiger partial charge in [-0.3, -0.25) is 19.3 Å². The normalized spacial score (nSPS) is 25.8. The number of amidine groups is 1. The SMILES string of the molecule is CCC1CCCCN1CCCNC(=O)C1C(=O)N=C2C(C)=CC=CN2C1=O. The van der Waals surface area contributed by atoms with Crippen molar-refractivity contribution in [1.29, 1.82) is 0 Å². The van der Waals surface area contributed by atoms with Crippen LogP contribution in [-0.4, -0.2) is 59.0 Å². The van der Waals surface area contributed by atoms with E-state index in [1.807, 2.05) is 0 Å².